The van der Waals surface area contributed by atoms with Crippen LogP contribution in [-0.2, 0) is 20.9 Å². The van der Waals surface area contributed by atoms with Crippen molar-refractivity contribution in [3.8, 4) is 28.7 Å². The van der Waals surface area contributed by atoms with Crippen LogP contribution in [0.4, 0.5) is 11.4 Å². The first-order valence-corrected chi connectivity index (χ1v) is 14.8. The third-order valence-electron chi connectivity index (χ3n) is 7.95. The first kappa shape index (κ1) is 33.3. The Labute approximate surface area is 277 Å². The number of ether oxygens (including phenoxy) is 5. The van der Waals surface area contributed by atoms with E-state index in [2.05, 4.69) is 5.32 Å². The van der Waals surface area contributed by atoms with E-state index in [1.807, 2.05) is 0 Å². The molecule has 0 saturated heterocycles. The van der Waals surface area contributed by atoms with E-state index in [9.17, 15) is 19.2 Å². The fourth-order valence-electron chi connectivity index (χ4n) is 5.48. The summed E-state index contributed by atoms with van der Waals surface area (Å²) >= 11 is 0. The number of anilines is 2. The van der Waals surface area contributed by atoms with Crippen molar-refractivity contribution in [1.29, 1.82) is 0 Å². The number of Topliss-reactive ketones (excluding diaryl/α,β-unsaturated/α-hetero) is 1. The van der Waals surface area contributed by atoms with Gasteiger partial charge in [-0.25, -0.2) is 0 Å². The van der Waals surface area contributed by atoms with E-state index in [1.54, 1.807) is 86.0 Å². The van der Waals surface area contributed by atoms with Gasteiger partial charge in [0, 0.05) is 12.6 Å². The van der Waals surface area contributed by atoms with Gasteiger partial charge in [0.05, 0.1) is 52.5 Å². The number of nitrogens with one attached hydrogen (secondary N) is 1. The molecule has 12 nitrogen and oxygen atoms in total. The van der Waals surface area contributed by atoms with Crippen LogP contribution in [0.3, 0.4) is 0 Å². The van der Waals surface area contributed by atoms with Crippen LogP contribution < -0.4 is 33.9 Å². The Kier molecular flexibility index (Phi) is 10.1. The molecule has 1 aliphatic heterocycles. The Balaban J connectivity index is 1.61. The van der Waals surface area contributed by atoms with E-state index >= 15 is 0 Å². The summed E-state index contributed by atoms with van der Waals surface area (Å²) in [5.74, 6) is -0.511. The predicted molar refractivity (Wildman–Crippen MR) is 177 cm³/mol. The van der Waals surface area contributed by atoms with Crippen molar-refractivity contribution < 1.29 is 42.9 Å². The smallest absolute Gasteiger partial charge is 0.299 e. The molecule has 1 aliphatic rings. The molecule has 0 fully saturated rings. The van der Waals surface area contributed by atoms with Gasteiger partial charge in [0.25, 0.3) is 17.6 Å². The molecular weight excluding hydrogens is 618 g/mol. The highest BCUT2D eigenvalue weighted by Crippen LogP contribution is 2.36. The van der Waals surface area contributed by atoms with Crippen molar-refractivity contribution in [2.75, 3.05) is 52.3 Å². The van der Waals surface area contributed by atoms with E-state index in [4.69, 9.17) is 23.7 Å². The van der Waals surface area contributed by atoms with Gasteiger partial charge < -0.3 is 33.9 Å². The van der Waals surface area contributed by atoms with Crippen molar-refractivity contribution in [3.05, 3.63) is 102 Å². The quantitative estimate of drug-likeness (QED) is 0.205. The summed E-state index contributed by atoms with van der Waals surface area (Å²) in [5.41, 5.74) is 1.93. The summed E-state index contributed by atoms with van der Waals surface area (Å²) in [7, 11) is 7.47. The van der Waals surface area contributed by atoms with Crippen molar-refractivity contribution >= 4 is 34.9 Å². The SMILES string of the molecule is COc1ccc(CN(C(=O)CN2C(=O)C(=O)c3ccccc32)C(C(=O)Nc2ccc(OC)cc2OC)c2ccc(OC)c(OC)c2)cc1. The topological polar surface area (TPSA) is 133 Å². The third-order valence-corrected chi connectivity index (χ3v) is 7.95. The van der Waals surface area contributed by atoms with E-state index in [0.717, 1.165) is 4.90 Å². The van der Waals surface area contributed by atoms with Gasteiger partial charge in [0.15, 0.2) is 11.5 Å². The van der Waals surface area contributed by atoms with Crippen LogP contribution in [0.2, 0.25) is 0 Å². The Bertz CT molecular complexity index is 1840. The second-order valence-electron chi connectivity index (χ2n) is 10.7. The monoisotopic (exact) mass is 653 g/mol. The maximum atomic E-state index is 14.5. The number of nitrogens with zero attached hydrogens (tertiary/aromatic N) is 2. The molecule has 0 bridgehead atoms. The molecule has 1 N–H and O–H groups in total. The van der Waals surface area contributed by atoms with Crippen molar-refractivity contribution in [2.24, 2.45) is 0 Å². The third kappa shape index (κ3) is 6.73. The van der Waals surface area contributed by atoms with Crippen LogP contribution in [0, 0.1) is 0 Å². The molecule has 3 amide bonds. The lowest BCUT2D eigenvalue weighted by atomic mass is 10.0. The number of hydrogen-bond donors (Lipinski definition) is 1. The van der Waals surface area contributed by atoms with Crippen LogP contribution in [0.5, 0.6) is 28.7 Å². The Hall–Kier alpha value is -6.04. The molecule has 0 aliphatic carbocycles. The molecule has 1 atom stereocenters. The number of hydrogen-bond acceptors (Lipinski definition) is 9. The van der Waals surface area contributed by atoms with Gasteiger partial charge in [0.2, 0.25) is 5.91 Å². The second kappa shape index (κ2) is 14.6. The Morgan fingerprint density at radius 1 is 0.729 bits per heavy atom. The van der Waals surface area contributed by atoms with E-state index in [-0.39, 0.29) is 12.1 Å². The maximum Gasteiger partial charge on any atom is 0.299 e. The lowest BCUT2D eigenvalue weighted by Crippen LogP contribution is -2.46. The van der Waals surface area contributed by atoms with Crippen molar-refractivity contribution in [2.45, 2.75) is 12.6 Å². The molecule has 5 rings (SSSR count). The first-order valence-electron chi connectivity index (χ1n) is 14.8. The molecule has 4 aromatic carbocycles. The normalized spacial score (nSPS) is 12.6. The molecule has 1 heterocycles. The van der Waals surface area contributed by atoms with Gasteiger partial charge in [-0.15, -0.1) is 0 Å². The minimum Gasteiger partial charge on any atom is -0.497 e. The molecule has 248 valence electrons. The number of carbonyl (C=O) groups is 4. The van der Waals surface area contributed by atoms with Gasteiger partial charge >= 0.3 is 0 Å². The van der Waals surface area contributed by atoms with Crippen LogP contribution in [0.15, 0.2) is 84.9 Å². The molecule has 4 aromatic rings. The second-order valence-corrected chi connectivity index (χ2v) is 10.7. The highest BCUT2D eigenvalue weighted by Gasteiger charge is 2.39. The summed E-state index contributed by atoms with van der Waals surface area (Å²) in [6.07, 6.45) is 0. The lowest BCUT2D eigenvalue weighted by Gasteiger charge is -2.33. The van der Waals surface area contributed by atoms with Gasteiger partial charge in [-0.1, -0.05) is 30.3 Å². The minimum atomic E-state index is -1.27. The molecule has 0 spiro atoms. The van der Waals surface area contributed by atoms with E-state index < -0.39 is 36.1 Å². The zero-order chi connectivity index (χ0) is 34.4. The van der Waals surface area contributed by atoms with Gasteiger partial charge in [-0.2, -0.15) is 0 Å². The molecular formula is C36H35N3O9. The zero-order valence-electron chi connectivity index (χ0n) is 27.1. The van der Waals surface area contributed by atoms with Crippen molar-refractivity contribution in [1.82, 2.24) is 4.90 Å². The zero-order valence-corrected chi connectivity index (χ0v) is 27.1. The first-order chi connectivity index (χ1) is 23.2. The minimum absolute atomic E-state index is 0.0490. The molecule has 1 unspecified atom stereocenters. The summed E-state index contributed by atoms with van der Waals surface area (Å²) in [6, 6.07) is 22.0. The highest BCUT2D eigenvalue weighted by molar-refractivity contribution is 6.52. The fraction of sp³-hybridized carbons (Fsp3) is 0.222. The predicted octanol–water partition coefficient (Wildman–Crippen LogP) is 4.67. The summed E-state index contributed by atoms with van der Waals surface area (Å²) in [5, 5.41) is 2.90. The fourth-order valence-corrected chi connectivity index (χ4v) is 5.48. The average Bonchev–Trinajstić information content (AvgIpc) is 3.36. The number of benzene rings is 4. The van der Waals surface area contributed by atoms with Crippen LogP contribution in [-0.4, -0.2) is 70.5 Å². The molecule has 0 saturated carbocycles. The van der Waals surface area contributed by atoms with Crippen LogP contribution in [0.1, 0.15) is 27.5 Å². The average molecular weight is 654 g/mol. The molecule has 12 heteroatoms. The number of fused-ring (bicyclic) bond motifs is 1. The summed E-state index contributed by atoms with van der Waals surface area (Å²) in [6.45, 7) is -0.548. The van der Waals surface area contributed by atoms with Gasteiger partial charge in [0.1, 0.15) is 29.8 Å². The van der Waals surface area contributed by atoms with Crippen LogP contribution >= 0.6 is 0 Å². The van der Waals surface area contributed by atoms with E-state index in [0.29, 0.717) is 51.2 Å². The van der Waals surface area contributed by atoms with Gasteiger partial charge in [-0.05, 0) is 59.7 Å². The number of amides is 3. The molecule has 48 heavy (non-hydrogen) atoms. The van der Waals surface area contributed by atoms with E-state index in [1.165, 1.54) is 39.4 Å². The number of rotatable bonds is 13. The molecule has 0 radical (unpaired) electrons. The number of carbonyl (C=O) groups excluding carboxylic acids is 4. The largest absolute Gasteiger partial charge is 0.497 e. The number of ketones is 1. The highest BCUT2D eigenvalue weighted by atomic mass is 16.5. The number of methoxy groups -OCH3 is 5. The Morgan fingerprint density at radius 3 is 2.06 bits per heavy atom. The van der Waals surface area contributed by atoms with Crippen LogP contribution in [0.25, 0.3) is 0 Å². The van der Waals surface area contributed by atoms with Gasteiger partial charge in [-0.3, -0.25) is 24.1 Å². The standard InChI is InChI=1S/C36H35N3O9/c1-44-24-13-10-22(11-14-24)20-39(32(40)21-38-28-9-7-6-8-26(28)34(41)36(38)43)33(23-12-17-29(46-3)31(18-23)48-5)35(42)37-27-16-15-25(45-2)19-30(27)47-4/h6-19,33H,20-21H2,1-5H3,(H,37,42). The lowest BCUT2D eigenvalue weighted by molar-refractivity contribution is -0.139. The summed E-state index contributed by atoms with van der Waals surface area (Å²) in [4.78, 5) is 57.3. The van der Waals surface area contributed by atoms with Crippen molar-refractivity contribution in [3.63, 3.8) is 0 Å². The number of para-hydroxylation sites is 1. The summed E-state index contributed by atoms with van der Waals surface area (Å²) < 4.78 is 27.1. The maximum absolute atomic E-state index is 14.5. The Morgan fingerprint density at radius 2 is 1.40 bits per heavy atom. The molecule has 0 aromatic heterocycles.